The molecule has 3 rings (SSSR count). The van der Waals surface area contributed by atoms with Gasteiger partial charge >= 0.3 is 11.7 Å². The van der Waals surface area contributed by atoms with Gasteiger partial charge in [0.1, 0.15) is 11.4 Å². The lowest BCUT2D eigenvalue weighted by Crippen LogP contribution is -2.41. The number of methoxy groups -OCH3 is 1. The van der Waals surface area contributed by atoms with E-state index in [0.717, 1.165) is 36.1 Å². The summed E-state index contributed by atoms with van der Waals surface area (Å²) in [5.74, 6) is -0.478. The Hall–Kier alpha value is -1.93. The summed E-state index contributed by atoms with van der Waals surface area (Å²) < 4.78 is 12.6. The molecule has 2 aromatic heterocycles. The smallest absolute Gasteiger partial charge is 0.332 e. The van der Waals surface area contributed by atoms with Gasteiger partial charge in [-0.05, 0) is 38.2 Å². The standard InChI is InChI=1S/C17H22N2O5S/c1-3-24-13(20)10-19-16-14(11-6-4-5-7-12(11)25-16)15(21)18(17(19)22)8-9-23-2/h3-10H2,1-2H3. The molecule has 0 bridgehead atoms. The van der Waals surface area contributed by atoms with Crippen LogP contribution in [0.25, 0.3) is 10.2 Å². The van der Waals surface area contributed by atoms with Crippen LogP contribution in [-0.2, 0) is 40.2 Å². The summed E-state index contributed by atoms with van der Waals surface area (Å²) in [7, 11) is 1.52. The number of rotatable bonds is 6. The van der Waals surface area contributed by atoms with Gasteiger partial charge in [-0.2, -0.15) is 0 Å². The molecule has 2 heterocycles. The van der Waals surface area contributed by atoms with E-state index >= 15 is 0 Å². The van der Waals surface area contributed by atoms with E-state index in [0.29, 0.717) is 10.2 Å². The summed E-state index contributed by atoms with van der Waals surface area (Å²) in [6, 6.07) is 0. The van der Waals surface area contributed by atoms with Crippen molar-refractivity contribution < 1.29 is 14.3 Å². The van der Waals surface area contributed by atoms with Crippen molar-refractivity contribution in [2.45, 2.75) is 45.7 Å². The van der Waals surface area contributed by atoms with Crippen molar-refractivity contribution in [2.75, 3.05) is 20.3 Å². The third kappa shape index (κ3) is 3.28. The number of carbonyl (C=O) groups excluding carboxylic acids is 1. The Balaban J connectivity index is 2.24. The fraction of sp³-hybridized carbons (Fsp3) is 0.588. The molecule has 7 nitrogen and oxygen atoms in total. The molecular formula is C17H22N2O5S. The second kappa shape index (κ2) is 7.53. The minimum Gasteiger partial charge on any atom is -0.465 e. The van der Waals surface area contributed by atoms with E-state index < -0.39 is 11.7 Å². The summed E-state index contributed by atoms with van der Waals surface area (Å²) in [5, 5.41) is 0.583. The van der Waals surface area contributed by atoms with Crippen LogP contribution >= 0.6 is 11.3 Å². The van der Waals surface area contributed by atoms with E-state index in [9.17, 15) is 14.4 Å². The summed E-state index contributed by atoms with van der Waals surface area (Å²) in [6.07, 6.45) is 3.87. The van der Waals surface area contributed by atoms with Gasteiger partial charge in [0.25, 0.3) is 5.56 Å². The van der Waals surface area contributed by atoms with Crippen LogP contribution in [0.5, 0.6) is 0 Å². The van der Waals surface area contributed by atoms with E-state index in [4.69, 9.17) is 9.47 Å². The van der Waals surface area contributed by atoms with Crippen LogP contribution in [0.4, 0.5) is 0 Å². The Kier molecular flexibility index (Phi) is 5.39. The first-order valence-corrected chi connectivity index (χ1v) is 9.32. The third-order valence-electron chi connectivity index (χ3n) is 4.43. The second-order valence-electron chi connectivity index (χ2n) is 6.01. The zero-order valence-electron chi connectivity index (χ0n) is 14.5. The molecule has 8 heteroatoms. The molecule has 0 fully saturated rings. The molecule has 0 aliphatic heterocycles. The predicted octanol–water partition coefficient (Wildman–Crippen LogP) is 1.31. The average Bonchev–Trinajstić information content (AvgIpc) is 2.98. The van der Waals surface area contributed by atoms with Crippen LogP contribution in [0.1, 0.15) is 30.2 Å². The van der Waals surface area contributed by atoms with Gasteiger partial charge in [-0.1, -0.05) is 0 Å². The molecule has 0 aromatic carbocycles. The maximum absolute atomic E-state index is 12.9. The quantitative estimate of drug-likeness (QED) is 0.720. The molecule has 136 valence electrons. The SMILES string of the molecule is CCOC(=O)Cn1c(=O)n(CCOC)c(=O)c2c3c(sc21)CCCC3. The van der Waals surface area contributed by atoms with E-state index in [-0.39, 0.29) is 31.9 Å². The molecule has 0 unspecified atom stereocenters. The molecular weight excluding hydrogens is 344 g/mol. The number of fused-ring (bicyclic) bond motifs is 3. The van der Waals surface area contributed by atoms with Crippen LogP contribution < -0.4 is 11.2 Å². The first-order valence-electron chi connectivity index (χ1n) is 8.50. The van der Waals surface area contributed by atoms with Gasteiger partial charge in [0.15, 0.2) is 0 Å². The van der Waals surface area contributed by atoms with Crippen LogP contribution in [0.15, 0.2) is 9.59 Å². The molecule has 0 N–H and O–H groups in total. The van der Waals surface area contributed by atoms with E-state index in [1.54, 1.807) is 6.92 Å². The minimum atomic E-state index is -0.485. The van der Waals surface area contributed by atoms with Gasteiger partial charge in [0, 0.05) is 12.0 Å². The van der Waals surface area contributed by atoms with E-state index in [1.807, 2.05) is 0 Å². The Labute approximate surface area is 148 Å². The number of aromatic nitrogens is 2. The molecule has 1 aliphatic rings. The Morgan fingerprint density at radius 1 is 1.20 bits per heavy atom. The number of hydrogen-bond donors (Lipinski definition) is 0. The Bertz CT molecular complexity index is 908. The largest absolute Gasteiger partial charge is 0.465 e. The topological polar surface area (TPSA) is 79.5 Å². The summed E-state index contributed by atoms with van der Waals surface area (Å²) in [5.41, 5.74) is 0.276. The number of esters is 1. The highest BCUT2D eigenvalue weighted by Crippen LogP contribution is 2.34. The highest BCUT2D eigenvalue weighted by Gasteiger charge is 2.24. The van der Waals surface area contributed by atoms with Crippen molar-refractivity contribution in [1.29, 1.82) is 0 Å². The maximum atomic E-state index is 12.9. The maximum Gasteiger partial charge on any atom is 0.332 e. The first kappa shape index (κ1) is 17.9. The summed E-state index contributed by atoms with van der Waals surface area (Å²) >= 11 is 1.46. The summed E-state index contributed by atoms with van der Waals surface area (Å²) in [6.45, 7) is 2.21. The van der Waals surface area contributed by atoms with Crippen LogP contribution in [0, 0.1) is 0 Å². The van der Waals surface area contributed by atoms with Gasteiger partial charge in [0.05, 0.1) is 25.1 Å². The Morgan fingerprint density at radius 3 is 2.68 bits per heavy atom. The minimum absolute atomic E-state index is 0.164. The van der Waals surface area contributed by atoms with Crippen LogP contribution in [-0.4, -0.2) is 35.4 Å². The summed E-state index contributed by atoms with van der Waals surface area (Å²) in [4.78, 5) is 39.5. The zero-order valence-corrected chi connectivity index (χ0v) is 15.3. The number of nitrogens with zero attached hydrogens (tertiary/aromatic N) is 2. The molecule has 0 saturated carbocycles. The van der Waals surface area contributed by atoms with Gasteiger partial charge in [0.2, 0.25) is 0 Å². The number of ether oxygens (including phenoxy) is 2. The first-order chi connectivity index (χ1) is 12.1. The molecule has 2 aromatic rings. The fourth-order valence-electron chi connectivity index (χ4n) is 3.27. The molecule has 0 saturated heterocycles. The lowest BCUT2D eigenvalue weighted by molar-refractivity contribution is -0.143. The van der Waals surface area contributed by atoms with Crippen molar-refractivity contribution in [3.63, 3.8) is 0 Å². The lowest BCUT2D eigenvalue weighted by Gasteiger charge is -2.12. The molecule has 0 spiro atoms. The monoisotopic (exact) mass is 366 g/mol. The zero-order chi connectivity index (χ0) is 18.0. The lowest BCUT2D eigenvalue weighted by atomic mass is 9.97. The third-order valence-corrected chi connectivity index (χ3v) is 5.75. The number of thiophene rings is 1. The molecule has 1 aliphatic carbocycles. The van der Waals surface area contributed by atoms with Crippen LogP contribution in [0.2, 0.25) is 0 Å². The Morgan fingerprint density at radius 2 is 1.96 bits per heavy atom. The van der Waals surface area contributed by atoms with Gasteiger partial charge in [-0.25, -0.2) is 4.79 Å². The van der Waals surface area contributed by atoms with E-state index in [2.05, 4.69) is 0 Å². The fourth-order valence-corrected chi connectivity index (χ4v) is 4.64. The van der Waals surface area contributed by atoms with Gasteiger partial charge in [-0.3, -0.25) is 18.7 Å². The van der Waals surface area contributed by atoms with E-state index in [1.165, 1.54) is 27.6 Å². The number of aryl methyl sites for hydroxylation is 2. The molecule has 0 radical (unpaired) electrons. The van der Waals surface area contributed by atoms with Gasteiger partial charge in [-0.15, -0.1) is 11.3 Å². The van der Waals surface area contributed by atoms with Crippen molar-refractivity contribution >= 4 is 27.5 Å². The number of hydrogen-bond acceptors (Lipinski definition) is 6. The van der Waals surface area contributed by atoms with Crippen molar-refractivity contribution in [1.82, 2.24) is 9.13 Å². The number of carbonyl (C=O) groups is 1. The van der Waals surface area contributed by atoms with Crippen LogP contribution in [0.3, 0.4) is 0 Å². The van der Waals surface area contributed by atoms with Gasteiger partial charge < -0.3 is 9.47 Å². The normalized spacial score (nSPS) is 13.8. The molecule has 0 amide bonds. The molecule has 0 atom stereocenters. The highest BCUT2D eigenvalue weighted by atomic mass is 32.1. The van der Waals surface area contributed by atoms with Crippen molar-refractivity contribution in [2.24, 2.45) is 0 Å². The van der Waals surface area contributed by atoms with Crippen molar-refractivity contribution in [3.05, 3.63) is 31.3 Å². The predicted molar refractivity (Wildman–Crippen MR) is 95.5 cm³/mol. The molecule has 25 heavy (non-hydrogen) atoms. The highest BCUT2D eigenvalue weighted by molar-refractivity contribution is 7.18. The van der Waals surface area contributed by atoms with Crippen molar-refractivity contribution in [3.8, 4) is 0 Å². The average molecular weight is 366 g/mol. The second-order valence-corrected chi connectivity index (χ2v) is 7.10.